The van der Waals surface area contributed by atoms with Crippen LogP contribution in [0.25, 0.3) is 10.2 Å². The van der Waals surface area contributed by atoms with Crippen LogP contribution >= 0.6 is 23.3 Å². The van der Waals surface area contributed by atoms with E-state index in [-0.39, 0.29) is 5.12 Å². The van der Waals surface area contributed by atoms with Crippen LogP contribution in [0, 0.1) is 6.92 Å². The number of thiazole rings is 1. The number of rotatable bonds is 3. The Morgan fingerprint density at radius 1 is 1.12 bits per heavy atom. The number of carbonyl (C=O) groups is 2. The minimum Gasteiger partial charge on any atom is -0.283 e. The van der Waals surface area contributed by atoms with Gasteiger partial charge in [-0.25, -0.2) is 9.78 Å². The standard InChI is InChI=1S/C19H19N3O2S2/c1-11(2)14-8-9-15-16(10-14)25-19(20-15)21-18(24)22-26-17(23)13-6-4-12(3)5-7-13/h4-11H,1-3H3,(H2,20,21,22,24). The van der Waals surface area contributed by atoms with E-state index in [0.29, 0.717) is 16.6 Å². The summed E-state index contributed by atoms with van der Waals surface area (Å²) in [6.07, 6.45) is 0. The third-order valence-corrected chi connectivity index (χ3v) is 5.47. The second-order valence-corrected chi connectivity index (χ2v) is 8.02. The van der Waals surface area contributed by atoms with Crippen molar-refractivity contribution in [2.24, 2.45) is 0 Å². The van der Waals surface area contributed by atoms with Crippen LogP contribution in [0.1, 0.15) is 41.3 Å². The van der Waals surface area contributed by atoms with E-state index in [1.165, 1.54) is 16.9 Å². The third kappa shape index (κ3) is 4.42. The molecule has 0 bridgehead atoms. The molecule has 0 aliphatic heterocycles. The smallest absolute Gasteiger partial charge is 0.283 e. The van der Waals surface area contributed by atoms with Crippen molar-refractivity contribution in [2.45, 2.75) is 26.7 Å². The largest absolute Gasteiger partial charge is 0.331 e. The van der Waals surface area contributed by atoms with Gasteiger partial charge in [-0.15, -0.1) is 0 Å². The third-order valence-electron chi connectivity index (χ3n) is 3.82. The Morgan fingerprint density at radius 2 is 1.85 bits per heavy atom. The molecule has 26 heavy (non-hydrogen) atoms. The maximum atomic E-state index is 12.1. The molecular formula is C19H19N3O2S2. The molecule has 2 aromatic carbocycles. The maximum Gasteiger partial charge on any atom is 0.331 e. The van der Waals surface area contributed by atoms with Crippen LogP contribution in [0.4, 0.5) is 9.93 Å². The molecule has 0 atom stereocenters. The van der Waals surface area contributed by atoms with Crippen molar-refractivity contribution in [2.75, 3.05) is 5.32 Å². The highest BCUT2D eigenvalue weighted by atomic mass is 32.2. The fourth-order valence-electron chi connectivity index (χ4n) is 2.32. The normalized spacial score (nSPS) is 10.9. The van der Waals surface area contributed by atoms with Gasteiger partial charge in [0.25, 0.3) is 0 Å². The summed E-state index contributed by atoms with van der Waals surface area (Å²) in [5, 5.41) is 2.97. The highest BCUT2D eigenvalue weighted by Crippen LogP contribution is 2.29. The van der Waals surface area contributed by atoms with Gasteiger partial charge in [0, 0.05) is 17.5 Å². The van der Waals surface area contributed by atoms with E-state index < -0.39 is 6.03 Å². The van der Waals surface area contributed by atoms with Crippen LogP contribution in [-0.4, -0.2) is 16.1 Å². The summed E-state index contributed by atoms with van der Waals surface area (Å²) in [4.78, 5) is 28.5. The van der Waals surface area contributed by atoms with E-state index in [2.05, 4.69) is 34.9 Å². The summed E-state index contributed by atoms with van der Waals surface area (Å²) >= 11 is 2.16. The Morgan fingerprint density at radius 3 is 2.54 bits per heavy atom. The molecule has 2 amide bonds. The average molecular weight is 386 g/mol. The highest BCUT2D eigenvalue weighted by Gasteiger charge is 2.12. The number of benzene rings is 2. The first-order valence-corrected chi connectivity index (χ1v) is 9.81. The molecule has 5 nitrogen and oxygen atoms in total. The summed E-state index contributed by atoms with van der Waals surface area (Å²) in [5.74, 6) is 0.436. The Labute approximate surface area is 160 Å². The van der Waals surface area contributed by atoms with Gasteiger partial charge >= 0.3 is 6.03 Å². The van der Waals surface area contributed by atoms with Crippen molar-refractivity contribution in [1.82, 2.24) is 9.71 Å². The first-order chi connectivity index (χ1) is 12.4. The minimum absolute atomic E-state index is 0.217. The highest BCUT2D eigenvalue weighted by molar-refractivity contribution is 8.12. The lowest BCUT2D eigenvalue weighted by Gasteiger charge is -2.04. The van der Waals surface area contributed by atoms with Crippen LogP contribution in [0.2, 0.25) is 0 Å². The van der Waals surface area contributed by atoms with E-state index >= 15 is 0 Å². The summed E-state index contributed by atoms with van der Waals surface area (Å²) in [7, 11) is 0. The van der Waals surface area contributed by atoms with Gasteiger partial charge in [0.1, 0.15) is 0 Å². The second kappa shape index (κ2) is 7.88. The molecule has 2 N–H and O–H groups in total. The Hall–Kier alpha value is -2.38. The SMILES string of the molecule is Cc1ccc(C(=O)SNC(=O)Nc2nc3ccc(C(C)C)cc3s2)cc1. The van der Waals surface area contributed by atoms with Gasteiger partial charge in [-0.1, -0.05) is 61.1 Å². The molecule has 0 radical (unpaired) electrons. The summed E-state index contributed by atoms with van der Waals surface area (Å²) in [6, 6.07) is 12.8. The number of nitrogens with zero attached hydrogens (tertiary/aromatic N) is 1. The fraction of sp³-hybridized carbons (Fsp3) is 0.211. The van der Waals surface area contributed by atoms with E-state index in [0.717, 1.165) is 27.7 Å². The Kier molecular flexibility index (Phi) is 5.58. The van der Waals surface area contributed by atoms with Gasteiger partial charge in [-0.3, -0.25) is 14.8 Å². The lowest BCUT2D eigenvalue weighted by atomic mass is 10.0. The van der Waals surface area contributed by atoms with Crippen molar-refractivity contribution in [3.63, 3.8) is 0 Å². The molecule has 1 aromatic heterocycles. The molecule has 134 valence electrons. The molecule has 1 heterocycles. The minimum atomic E-state index is -0.474. The number of amides is 2. The van der Waals surface area contributed by atoms with Gasteiger partial charge < -0.3 is 0 Å². The van der Waals surface area contributed by atoms with Gasteiger partial charge in [-0.2, -0.15) is 0 Å². The second-order valence-electron chi connectivity index (χ2n) is 6.21. The monoisotopic (exact) mass is 385 g/mol. The summed E-state index contributed by atoms with van der Waals surface area (Å²) in [6.45, 7) is 6.23. The zero-order valence-electron chi connectivity index (χ0n) is 14.7. The molecular weight excluding hydrogens is 366 g/mol. The number of aryl methyl sites for hydroxylation is 1. The number of anilines is 1. The van der Waals surface area contributed by atoms with Crippen LogP contribution in [0.15, 0.2) is 42.5 Å². The number of urea groups is 1. The topological polar surface area (TPSA) is 71.1 Å². The number of aromatic nitrogens is 1. The number of carbonyl (C=O) groups excluding carboxylic acids is 2. The van der Waals surface area contributed by atoms with Crippen molar-refractivity contribution in [1.29, 1.82) is 0 Å². The number of fused-ring (bicyclic) bond motifs is 1. The Bertz CT molecular complexity index is 949. The summed E-state index contributed by atoms with van der Waals surface area (Å²) in [5.41, 5.74) is 3.70. The fourth-order valence-corrected chi connectivity index (χ4v) is 3.72. The maximum absolute atomic E-state index is 12.1. The molecule has 0 aliphatic rings. The lowest BCUT2D eigenvalue weighted by molar-refractivity contribution is 0.108. The van der Waals surface area contributed by atoms with Crippen LogP contribution in [0.5, 0.6) is 0 Å². The number of nitrogens with one attached hydrogen (secondary N) is 2. The Balaban J connectivity index is 1.60. The molecule has 0 fully saturated rings. The van der Waals surface area contributed by atoms with E-state index in [1.54, 1.807) is 12.1 Å². The van der Waals surface area contributed by atoms with E-state index in [9.17, 15) is 9.59 Å². The van der Waals surface area contributed by atoms with Gasteiger partial charge in [0.05, 0.1) is 10.2 Å². The van der Waals surface area contributed by atoms with Crippen LogP contribution in [0.3, 0.4) is 0 Å². The molecule has 0 spiro atoms. The van der Waals surface area contributed by atoms with Crippen molar-refractivity contribution in [3.8, 4) is 0 Å². The molecule has 7 heteroatoms. The van der Waals surface area contributed by atoms with Gasteiger partial charge in [0.15, 0.2) is 5.13 Å². The van der Waals surface area contributed by atoms with Gasteiger partial charge in [0.2, 0.25) is 5.12 Å². The molecule has 0 saturated carbocycles. The molecule has 0 aliphatic carbocycles. The van der Waals surface area contributed by atoms with Crippen molar-refractivity contribution in [3.05, 3.63) is 59.2 Å². The first kappa shape index (κ1) is 18.4. The number of hydrogen-bond acceptors (Lipinski definition) is 5. The predicted octanol–water partition coefficient (Wildman–Crippen LogP) is 5.34. The zero-order chi connectivity index (χ0) is 18.7. The van der Waals surface area contributed by atoms with E-state index in [1.807, 2.05) is 31.2 Å². The first-order valence-electron chi connectivity index (χ1n) is 8.17. The van der Waals surface area contributed by atoms with Crippen LogP contribution in [-0.2, 0) is 0 Å². The quantitative estimate of drug-likeness (QED) is 0.597. The molecule has 3 aromatic rings. The molecule has 0 saturated heterocycles. The van der Waals surface area contributed by atoms with E-state index in [4.69, 9.17) is 0 Å². The van der Waals surface area contributed by atoms with Crippen molar-refractivity contribution >= 4 is 49.8 Å². The van der Waals surface area contributed by atoms with Crippen molar-refractivity contribution < 1.29 is 9.59 Å². The number of hydrogen-bond donors (Lipinski definition) is 2. The molecule has 0 unspecified atom stereocenters. The van der Waals surface area contributed by atoms with Gasteiger partial charge in [-0.05, 0) is 30.5 Å². The molecule has 3 rings (SSSR count). The lowest BCUT2D eigenvalue weighted by Crippen LogP contribution is -2.24. The zero-order valence-corrected chi connectivity index (χ0v) is 16.3. The van der Waals surface area contributed by atoms with Crippen LogP contribution < -0.4 is 10.0 Å². The average Bonchev–Trinajstić information content (AvgIpc) is 3.01. The summed E-state index contributed by atoms with van der Waals surface area (Å²) < 4.78 is 3.52. The predicted molar refractivity (Wildman–Crippen MR) is 109 cm³/mol.